The van der Waals surface area contributed by atoms with Crippen LogP contribution in [0.25, 0.3) is 6.08 Å². The maximum atomic E-state index is 11.8. The van der Waals surface area contributed by atoms with Gasteiger partial charge >= 0.3 is 0 Å². The van der Waals surface area contributed by atoms with E-state index in [0.29, 0.717) is 11.7 Å². The van der Waals surface area contributed by atoms with E-state index in [1.807, 2.05) is 54.6 Å². The fourth-order valence-electron chi connectivity index (χ4n) is 2.18. The van der Waals surface area contributed by atoms with E-state index in [4.69, 9.17) is 17.0 Å². The van der Waals surface area contributed by atoms with E-state index in [1.54, 1.807) is 6.08 Å². The molecule has 0 fully saturated rings. The molecule has 146 valence electrons. The predicted molar refractivity (Wildman–Crippen MR) is 114 cm³/mol. The molecule has 0 saturated heterocycles. The van der Waals surface area contributed by atoms with Crippen molar-refractivity contribution in [2.75, 3.05) is 6.61 Å². The minimum atomic E-state index is -0.427. The maximum absolute atomic E-state index is 11.8. The summed E-state index contributed by atoms with van der Waals surface area (Å²) >= 11 is 4.96. The van der Waals surface area contributed by atoms with Gasteiger partial charge in [-0.05, 0) is 47.5 Å². The summed E-state index contributed by atoms with van der Waals surface area (Å²) in [5.41, 5.74) is 6.91. The smallest absolute Gasteiger partial charge is 0.276 e. The highest BCUT2D eigenvalue weighted by Gasteiger charge is 2.06. The Morgan fingerprint density at radius 3 is 2.36 bits per heavy atom. The molecule has 0 spiro atoms. The van der Waals surface area contributed by atoms with Crippen molar-refractivity contribution in [3.05, 3.63) is 71.8 Å². The average molecular weight is 398 g/mol. The number of amides is 2. The van der Waals surface area contributed by atoms with Crippen LogP contribution in [-0.2, 0) is 9.59 Å². The zero-order valence-electron chi connectivity index (χ0n) is 15.8. The normalized spacial score (nSPS) is 10.5. The molecular formula is C21H23N3O3S. The number of hydrazine groups is 1. The topological polar surface area (TPSA) is 79.5 Å². The van der Waals surface area contributed by atoms with Crippen molar-refractivity contribution in [2.24, 2.45) is 0 Å². The molecule has 0 radical (unpaired) electrons. The largest absolute Gasteiger partial charge is 0.484 e. The first-order chi connectivity index (χ1) is 13.4. The van der Waals surface area contributed by atoms with E-state index >= 15 is 0 Å². The molecule has 2 aromatic rings. The molecule has 0 aliphatic rings. The summed E-state index contributed by atoms with van der Waals surface area (Å²) in [6.45, 7) is 4.03. The molecule has 0 saturated carbocycles. The molecule has 2 amide bonds. The second kappa shape index (κ2) is 10.8. The van der Waals surface area contributed by atoms with Crippen molar-refractivity contribution in [2.45, 2.75) is 19.8 Å². The van der Waals surface area contributed by atoms with Crippen LogP contribution in [-0.4, -0.2) is 23.5 Å². The van der Waals surface area contributed by atoms with Crippen LogP contribution < -0.4 is 20.9 Å². The number of hydrogen-bond acceptors (Lipinski definition) is 4. The highest BCUT2D eigenvalue weighted by Crippen LogP contribution is 2.18. The monoisotopic (exact) mass is 397 g/mol. The van der Waals surface area contributed by atoms with Crippen LogP contribution >= 0.6 is 12.2 Å². The summed E-state index contributed by atoms with van der Waals surface area (Å²) in [4.78, 5) is 23.6. The summed E-state index contributed by atoms with van der Waals surface area (Å²) in [5, 5.41) is 2.42. The molecule has 0 heterocycles. The van der Waals surface area contributed by atoms with E-state index in [-0.39, 0.29) is 11.7 Å². The van der Waals surface area contributed by atoms with E-state index in [0.717, 1.165) is 5.56 Å². The first-order valence-electron chi connectivity index (χ1n) is 8.79. The predicted octanol–water partition coefficient (Wildman–Crippen LogP) is 2.92. The van der Waals surface area contributed by atoms with Gasteiger partial charge in [0.1, 0.15) is 5.75 Å². The van der Waals surface area contributed by atoms with E-state index in [2.05, 4.69) is 30.0 Å². The number of thiocarbonyl (C=S) groups is 1. The Bertz CT molecular complexity index is 834. The van der Waals surface area contributed by atoms with Crippen LogP contribution in [0, 0.1) is 0 Å². The number of carbonyl (C=O) groups is 2. The fraction of sp³-hybridized carbons (Fsp3) is 0.190. The average Bonchev–Trinajstić information content (AvgIpc) is 2.70. The molecule has 0 aliphatic heterocycles. The van der Waals surface area contributed by atoms with Gasteiger partial charge in [-0.1, -0.05) is 56.3 Å². The standard InChI is InChI=1S/C21H23N3O3S/c1-15(2)17-9-11-18(12-10-17)27-14-20(26)23-24-21(28)22-19(25)13-8-16-6-4-3-5-7-16/h3-13,15H,14H2,1-2H3,(H,23,26)(H2,22,24,25,28). The second-order valence-electron chi connectivity index (χ2n) is 6.25. The third-order valence-corrected chi connectivity index (χ3v) is 3.90. The number of nitrogens with one attached hydrogen (secondary N) is 3. The molecule has 28 heavy (non-hydrogen) atoms. The number of carbonyl (C=O) groups excluding carboxylic acids is 2. The van der Waals surface area contributed by atoms with Crippen molar-refractivity contribution in [3.63, 3.8) is 0 Å². The SMILES string of the molecule is CC(C)c1ccc(OCC(=O)NNC(=S)NC(=O)C=Cc2ccccc2)cc1. The minimum absolute atomic E-state index is 0.0163. The molecule has 0 aromatic heterocycles. The van der Waals surface area contributed by atoms with Gasteiger partial charge in [-0.15, -0.1) is 0 Å². The van der Waals surface area contributed by atoms with Crippen molar-refractivity contribution >= 4 is 35.2 Å². The zero-order valence-corrected chi connectivity index (χ0v) is 16.6. The first kappa shape index (κ1) is 21.1. The van der Waals surface area contributed by atoms with Crippen molar-refractivity contribution in [1.82, 2.24) is 16.2 Å². The maximum Gasteiger partial charge on any atom is 0.276 e. The van der Waals surface area contributed by atoms with Crippen molar-refractivity contribution < 1.29 is 14.3 Å². The molecule has 0 bridgehead atoms. The summed E-state index contributed by atoms with van der Waals surface area (Å²) in [7, 11) is 0. The lowest BCUT2D eigenvalue weighted by atomic mass is 10.0. The van der Waals surface area contributed by atoms with Gasteiger partial charge in [0.25, 0.3) is 5.91 Å². The van der Waals surface area contributed by atoms with Gasteiger partial charge in [0.15, 0.2) is 11.7 Å². The van der Waals surface area contributed by atoms with Crippen LogP contribution in [0.3, 0.4) is 0 Å². The lowest BCUT2D eigenvalue weighted by Gasteiger charge is -2.11. The molecule has 0 aliphatic carbocycles. The summed E-state index contributed by atoms with van der Waals surface area (Å²) in [5.74, 6) is 0.197. The number of hydrogen-bond donors (Lipinski definition) is 3. The Balaban J connectivity index is 1.68. The van der Waals surface area contributed by atoms with Gasteiger partial charge in [0.2, 0.25) is 5.91 Å². The summed E-state index contributed by atoms with van der Waals surface area (Å²) in [6.07, 6.45) is 3.02. The Kier molecular flexibility index (Phi) is 8.17. The molecular weight excluding hydrogens is 374 g/mol. The van der Waals surface area contributed by atoms with Crippen LogP contribution in [0.1, 0.15) is 30.9 Å². The molecule has 2 aromatic carbocycles. The fourth-order valence-corrected chi connectivity index (χ4v) is 2.33. The van der Waals surface area contributed by atoms with E-state index in [1.165, 1.54) is 11.6 Å². The van der Waals surface area contributed by atoms with Crippen LogP contribution in [0.4, 0.5) is 0 Å². The molecule has 3 N–H and O–H groups in total. The molecule has 0 unspecified atom stereocenters. The third kappa shape index (κ3) is 7.59. The summed E-state index contributed by atoms with van der Waals surface area (Å²) < 4.78 is 5.41. The van der Waals surface area contributed by atoms with Crippen LogP contribution in [0.15, 0.2) is 60.7 Å². The van der Waals surface area contributed by atoms with E-state index in [9.17, 15) is 9.59 Å². The zero-order chi connectivity index (χ0) is 20.4. The molecule has 0 atom stereocenters. The summed E-state index contributed by atoms with van der Waals surface area (Å²) in [6, 6.07) is 16.9. The van der Waals surface area contributed by atoms with Crippen LogP contribution in [0.5, 0.6) is 5.75 Å². The Hall–Kier alpha value is -3.19. The second-order valence-corrected chi connectivity index (χ2v) is 6.66. The lowest BCUT2D eigenvalue weighted by Crippen LogP contribution is -2.49. The van der Waals surface area contributed by atoms with Crippen molar-refractivity contribution in [1.29, 1.82) is 0 Å². The highest BCUT2D eigenvalue weighted by molar-refractivity contribution is 7.80. The number of ether oxygens (including phenoxy) is 1. The van der Waals surface area contributed by atoms with Gasteiger partial charge in [-0.3, -0.25) is 25.8 Å². The minimum Gasteiger partial charge on any atom is -0.484 e. The van der Waals surface area contributed by atoms with Gasteiger partial charge < -0.3 is 4.74 Å². The molecule has 2 rings (SSSR count). The van der Waals surface area contributed by atoms with Crippen molar-refractivity contribution in [3.8, 4) is 5.75 Å². The number of rotatable bonds is 6. The highest BCUT2D eigenvalue weighted by atomic mass is 32.1. The van der Waals surface area contributed by atoms with E-state index < -0.39 is 11.8 Å². The van der Waals surface area contributed by atoms with Gasteiger partial charge in [0.05, 0.1) is 0 Å². The van der Waals surface area contributed by atoms with Gasteiger partial charge in [0, 0.05) is 6.08 Å². The molecule has 6 nitrogen and oxygen atoms in total. The molecule has 7 heteroatoms. The number of benzene rings is 2. The third-order valence-electron chi connectivity index (χ3n) is 3.70. The first-order valence-corrected chi connectivity index (χ1v) is 9.20. The lowest BCUT2D eigenvalue weighted by molar-refractivity contribution is -0.123. The quantitative estimate of drug-likeness (QED) is 0.397. The van der Waals surface area contributed by atoms with Crippen LogP contribution in [0.2, 0.25) is 0 Å². The Morgan fingerprint density at radius 2 is 1.71 bits per heavy atom. The Labute approximate surface area is 169 Å². The van der Waals surface area contributed by atoms with Gasteiger partial charge in [-0.2, -0.15) is 0 Å². The Morgan fingerprint density at radius 1 is 1.04 bits per heavy atom. The van der Waals surface area contributed by atoms with Gasteiger partial charge in [-0.25, -0.2) is 0 Å².